The Balaban J connectivity index is 1.36. The van der Waals surface area contributed by atoms with Gasteiger partial charge in [-0.05, 0) is 35.1 Å². The second-order valence-corrected chi connectivity index (χ2v) is 7.49. The molecule has 3 aromatic rings. The minimum absolute atomic E-state index is 0.0625. The lowest BCUT2D eigenvalue weighted by Gasteiger charge is -2.14. The quantitative estimate of drug-likeness (QED) is 0.694. The number of benzene rings is 2. The van der Waals surface area contributed by atoms with Crippen LogP contribution in [0.25, 0.3) is 11.1 Å². The van der Waals surface area contributed by atoms with E-state index in [1.807, 2.05) is 31.2 Å². The number of carbonyl (C=O) groups is 1. The summed E-state index contributed by atoms with van der Waals surface area (Å²) in [6.45, 7) is 2.52. The third-order valence-electron chi connectivity index (χ3n) is 4.48. The number of carbonyl (C=O) groups excluding carboxylic acids is 1. The van der Waals surface area contributed by atoms with Crippen molar-refractivity contribution in [3.63, 3.8) is 0 Å². The van der Waals surface area contributed by atoms with Crippen molar-refractivity contribution in [1.29, 1.82) is 0 Å². The molecule has 0 saturated heterocycles. The van der Waals surface area contributed by atoms with Gasteiger partial charge in [0.05, 0.1) is 6.54 Å². The molecule has 0 radical (unpaired) electrons. The summed E-state index contributed by atoms with van der Waals surface area (Å²) in [5, 5.41) is 3.43. The lowest BCUT2D eigenvalue weighted by Crippen LogP contribution is -2.26. The van der Waals surface area contributed by atoms with Gasteiger partial charge in [-0.2, -0.15) is 0 Å². The molecule has 1 N–H and O–H groups in total. The van der Waals surface area contributed by atoms with E-state index in [1.54, 1.807) is 6.20 Å². The van der Waals surface area contributed by atoms with E-state index in [1.165, 1.54) is 33.6 Å². The minimum atomic E-state index is -0.457. The Morgan fingerprint density at radius 3 is 2.44 bits per heavy atom. The molecule has 5 heteroatoms. The Bertz CT molecular complexity index is 1000. The van der Waals surface area contributed by atoms with Crippen LogP contribution in [0.3, 0.4) is 0 Å². The van der Waals surface area contributed by atoms with E-state index in [0.29, 0.717) is 6.61 Å². The van der Waals surface area contributed by atoms with Crippen LogP contribution in [-0.2, 0) is 4.74 Å². The number of alkyl carbamates (subject to hydrolysis) is 1. The van der Waals surface area contributed by atoms with E-state index >= 15 is 0 Å². The van der Waals surface area contributed by atoms with Crippen molar-refractivity contribution in [3.05, 3.63) is 75.7 Å². The van der Waals surface area contributed by atoms with Crippen molar-refractivity contribution in [2.75, 3.05) is 13.2 Å². The van der Waals surface area contributed by atoms with Gasteiger partial charge in [0, 0.05) is 17.0 Å². The molecule has 0 aliphatic heterocycles. The van der Waals surface area contributed by atoms with Crippen LogP contribution < -0.4 is 5.32 Å². The van der Waals surface area contributed by atoms with Crippen molar-refractivity contribution >= 4 is 17.4 Å². The zero-order valence-electron chi connectivity index (χ0n) is 14.9. The summed E-state index contributed by atoms with van der Waals surface area (Å²) in [4.78, 5) is 17.3. The van der Waals surface area contributed by atoms with Crippen LogP contribution in [0.1, 0.15) is 26.9 Å². The third kappa shape index (κ3) is 3.71. The lowest BCUT2D eigenvalue weighted by molar-refractivity contribution is 0.144. The molecule has 4 nitrogen and oxygen atoms in total. The first-order valence-corrected chi connectivity index (χ1v) is 9.54. The van der Waals surface area contributed by atoms with E-state index in [0.717, 1.165) is 9.88 Å². The number of ether oxygens (including phenoxy) is 1. The molecule has 4 rings (SSSR count). The Labute approximate surface area is 162 Å². The number of hydrogen-bond donors (Lipinski definition) is 1. The van der Waals surface area contributed by atoms with Crippen LogP contribution in [0, 0.1) is 18.8 Å². The smallest absolute Gasteiger partial charge is 0.407 e. The fourth-order valence-electron chi connectivity index (χ4n) is 3.30. The molecule has 27 heavy (non-hydrogen) atoms. The predicted molar refractivity (Wildman–Crippen MR) is 107 cm³/mol. The Hall–Kier alpha value is -3.10. The van der Waals surface area contributed by atoms with Crippen molar-refractivity contribution in [1.82, 2.24) is 10.3 Å². The van der Waals surface area contributed by atoms with Crippen molar-refractivity contribution in [3.8, 4) is 23.0 Å². The van der Waals surface area contributed by atoms with Gasteiger partial charge in [-0.1, -0.05) is 54.5 Å². The van der Waals surface area contributed by atoms with Crippen LogP contribution >= 0.6 is 11.3 Å². The highest BCUT2D eigenvalue weighted by Crippen LogP contribution is 2.44. The van der Waals surface area contributed by atoms with Gasteiger partial charge < -0.3 is 10.1 Å². The summed E-state index contributed by atoms with van der Waals surface area (Å²) in [6, 6.07) is 16.5. The van der Waals surface area contributed by atoms with Crippen LogP contribution in [0.5, 0.6) is 0 Å². The van der Waals surface area contributed by atoms with Crippen LogP contribution in [-0.4, -0.2) is 24.2 Å². The van der Waals surface area contributed by atoms with Gasteiger partial charge in [0.25, 0.3) is 0 Å². The summed E-state index contributed by atoms with van der Waals surface area (Å²) in [6.07, 6.45) is 1.33. The number of nitrogens with one attached hydrogen (secondary N) is 1. The molecule has 0 atom stereocenters. The van der Waals surface area contributed by atoms with Crippen molar-refractivity contribution < 1.29 is 9.53 Å². The van der Waals surface area contributed by atoms with Crippen LogP contribution in [0.15, 0.2) is 54.7 Å². The normalized spacial score (nSPS) is 11.9. The topological polar surface area (TPSA) is 51.2 Å². The maximum absolute atomic E-state index is 12.0. The average Bonchev–Trinajstić information content (AvgIpc) is 3.25. The molecule has 1 aliphatic carbocycles. The first kappa shape index (κ1) is 17.3. The highest BCUT2D eigenvalue weighted by atomic mass is 32.1. The van der Waals surface area contributed by atoms with E-state index in [-0.39, 0.29) is 12.5 Å². The number of thiazole rings is 1. The van der Waals surface area contributed by atoms with Gasteiger partial charge in [0.15, 0.2) is 5.01 Å². The molecule has 0 saturated carbocycles. The maximum atomic E-state index is 12.0. The van der Waals surface area contributed by atoms with E-state index in [2.05, 4.69) is 46.4 Å². The molecule has 0 unspecified atom stereocenters. The SMILES string of the molecule is Cc1cnc(C#CCNC(=O)OCC2c3ccccc3-c3ccccc32)s1. The van der Waals surface area contributed by atoms with Gasteiger partial charge in [-0.25, -0.2) is 9.78 Å². The second kappa shape index (κ2) is 7.65. The van der Waals surface area contributed by atoms with Gasteiger partial charge in [0.1, 0.15) is 6.61 Å². The summed E-state index contributed by atoms with van der Waals surface area (Å²) < 4.78 is 5.47. The molecule has 1 aliphatic rings. The lowest BCUT2D eigenvalue weighted by atomic mass is 9.98. The first-order chi connectivity index (χ1) is 13.2. The fraction of sp³-hybridized carbons (Fsp3) is 0.182. The fourth-order valence-corrected chi connectivity index (χ4v) is 3.94. The zero-order chi connectivity index (χ0) is 18.6. The summed E-state index contributed by atoms with van der Waals surface area (Å²) in [7, 11) is 0. The Morgan fingerprint density at radius 1 is 1.15 bits per heavy atom. The second-order valence-electron chi connectivity index (χ2n) is 6.26. The minimum Gasteiger partial charge on any atom is -0.449 e. The van der Waals surface area contributed by atoms with Crippen molar-refractivity contribution in [2.24, 2.45) is 0 Å². The molecule has 0 bridgehead atoms. The van der Waals surface area contributed by atoms with Gasteiger partial charge in [0.2, 0.25) is 0 Å². The Kier molecular flexibility index (Phi) is 4.91. The predicted octanol–water partition coefficient (Wildman–Crippen LogP) is 4.34. The molecule has 1 amide bonds. The molecule has 1 aromatic heterocycles. The highest BCUT2D eigenvalue weighted by molar-refractivity contribution is 7.12. The van der Waals surface area contributed by atoms with E-state index < -0.39 is 6.09 Å². The Morgan fingerprint density at radius 2 is 1.81 bits per heavy atom. The summed E-state index contributed by atoms with van der Waals surface area (Å²) in [5.41, 5.74) is 4.83. The monoisotopic (exact) mass is 374 g/mol. The first-order valence-electron chi connectivity index (χ1n) is 8.72. The molecule has 1 heterocycles. The number of rotatable bonds is 3. The van der Waals surface area contributed by atoms with Crippen LogP contribution in [0.2, 0.25) is 0 Å². The van der Waals surface area contributed by atoms with Crippen molar-refractivity contribution in [2.45, 2.75) is 12.8 Å². The van der Waals surface area contributed by atoms with E-state index in [4.69, 9.17) is 4.74 Å². The van der Waals surface area contributed by atoms with E-state index in [9.17, 15) is 4.79 Å². The van der Waals surface area contributed by atoms with Crippen LogP contribution in [0.4, 0.5) is 4.79 Å². The van der Waals surface area contributed by atoms with Gasteiger partial charge >= 0.3 is 6.09 Å². The molecule has 0 fully saturated rings. The summed E-state index contributed by atoms with van der Waals surface area (Å²) >= 11 is 1.53. The maximum Gasteiger partial charge on any atom is 0.407 e. The highest BCUT2D eigenvalue weighted by Gasteiger charge is 2.28. The molecule has 134 valence electrons. The molecule has 2 aromatic carbocycles. The standard InChI is InChI=1S/C22H18N2O2S/c1-15-13-24-21(27-15)11-6-12-23-22(25)26-14-20-18-9-4-2-7-16(18)17-8-3-5-10-19(17)20/h2-5,7-10,13,20H,12,14H2,1H3,(H,23,25). The largest absolute Gasteiger partial charge is 0.449 e. The van der Waals surface area contributed by atoms with Gasteiger partial charge in [-0.15, -0.1) is 11.3 Å². The molecular weight excluding hydrogens is 356 g/mol. The average molecular weight is 374 g/mol. The van der Waals surface area contributed by atoms with Gasteiger partial charge in [-0.3, -0.25) is 0 Å². The molecule has 0 spiro atoms. The zero-order valence-corrected chi connectivity index (χ0v) is 15.7. The summed E-state index contributed by atoms with van der Waals surface area (Å²) in [5.74, 6) is 5.88. The number of aryl methyl sites for hydroxylation is 1. The number of fused-ring (bicyclic) bond motifs is 3. The number of amides is 1. The third-order valence-corrected chi connectivity index (χ3v) is 5.31. The number of aromatic nitrogens is 1. The molecular formula is C22H18N2O2S. The number of hydrogen-bond acceptors (Lipinski definition) is 4. The number of nitrogens with zero attached hydrogens (tertiary/aromatic N) is 1.